The van der Waals surface area contributed by atoms with E-state index < -0.39 is 0 Å². The maximum atomic E-state index is 11.4. The number of carbonyl (C=O) groups excluding carboxylic acids is 1. The summed E-state index contributed by atoms with van der Waals surface area (Å²) in [4.78, 5) is 18.7. The van der Waals surface area contributed by atoms with Crippen molar-refractivity contribution in [2.45, 2.75) is 51.9 Å². The van der Waals surface area contributed by atoms with Gasteiger partial charge in [-0.25, -0.2) is 5.48 Å². The van der Waals surface area contributed by atoms with Gasteiger partial charge in [0, 0.05) is 29.0 Å². The average molecular weight is 427 g/mol. The number of nitrogens with one attached hydrogen (secondary N) is 1. The van der Waals surface area contributed by atoms with Crippen LogP contribution in [-0.4, -0.2) is 19.1 Å². The van der Waals surface area contributed by atoms with Gasteiger partial charge in [0.05, 0.1) is 6.61 Å². The number of fused-ring (bicyclic) bond motifs is 2. The van der Waals surface area contributed by atoms with Gasteiger partial charge in [0.25, 0.3) is 5.91 Å². The summed E-state index contributed by atoms with van der Waals surface area (Å²) in [6.45, 7) is 3.29. The molecule has 0 saturated carbocycles. The highest BCUT2D eigenvalue weighted by Gasteiger charge is 2.20. The third kappa shape index (κ3) is 6.35. The molecular weight excluding hydrogens is 396 g/mol. The summed E-state index contributed by atoms with van der Waals surface area (Å²) in [7, 11) is 0. The molecule has 30 heavy (non-hydrogen) atoms. The lowest BCUT2D eigenvalue weighted by molar-refractivity contribution is -0.128. The summed E-state index contributed by atoms with van der Waals surface area (Å²) in [6, 6.07) is 15.0. The predicted molar refractivity (Wildman–Crippen MR) is 124 cm³/mol. The number of amides is 1. The number of hydrogen-bond donors (Lipinski definition) is 1. The van der Waals surface area contributed by atoms with Crippen LogP contribution in [0.3, 0.4) is 0 Å². The molecule has 0 radical (unpaired) electrons. The highest BCUT2D eigenvalue weighted by Crippen LogP contribution is 2.37. The summed E-state index contributed by atoms with van der Waals surface area (Å²) >= 11 is 6.34. The fourth-order valence-corrected chi connectivity index (χ4v) is 4.04. The molecule has 2 aromatic carbocycles. The third-order valence-electron chi connectivity index (χ3n) is 5.37. The van der Waals surface area contributed by atoms with Gasteiger partial charge >= 0.3 is 0 Å². The van der Waals surface area contributed by atoms with Crippen molar-refractivity contribution in [3.8, 4) is 0 Å². The second kappa shape index (κ2) is 11.8. The predicted octanol–water partition coefficient (Wildman–Crippen LogP) is 6.15. The number of unbranched alkanes of at least 4 members (excludes halogenated alkanes) is 4. The molecule has 0 aliphatic carbocycles. The number of anilines is 2. The van der Waals surface area contributed by atoms with Crippen molar-refractivity contribution in [2.24, 2.45) is 0 Å². The summed E-state index contributed by atoms with van der Waals surface area (Å²) in [5.74, 6) is -0.200. The smallest absolute Gasteiger partial charge is 0.267 e. The van der Waals surface area contributed by atoms with Gasteiger partial charge in [-0.1, -0.05) is 54.8 Å². The van der Waals surface area contributed by atoms with E-state index in [9.17, 15) is 4.79 Å². The number of nitrogens with zero attached hydrogens (tertiary/aromatic N) is 1. The number of hydrogen-bond acceptors (Lipinski definition) is 3. The molecule has 1 heterocycles. The van der Waals surface area contributed by atoms with E-state index in [4.69, 9.17) is 16.4 Å². The van der Waals surface area contributed by atoms with Crippen LogP contribution in [-0.2, 0) is 22.5 Å². The van der Waals surface area contributed by atoms with Gasteiger partial charge in [-0.15, -0.1) is 0 Å². The standard InChI is InChI=1S/C25H31ClN2O2/c1-2-30-27-25(29)13-7-5-3-4-6-10-18-28-23-12-9-8-11-20(23)14-15-21-16-17-22(26)19-24(21)28/h7-9,11-13,16-17,19H,2-6,10,14-15,18H2,1H3,(H,27,29)/b13-7+. The Morgan fingerprint density at radius 1 is 1.07 bits per heavy atom. The first kappa shape index (κ1) is 22.4. The lowest BCUT2D eigenvalue weighted by Crippen LogP contribution is -2.20. The van der Waals surface area contributed by atoms with Crippen LogP contribution in [0.5, 0.6) is 0 Å². The molecule has 1 amide bonds. The number of carbonyl (C=O) groups is 1. The first-order chi connectivity index (χ1) is 14.7. The van der Waals surface area contributed by atoms with Crippen LogP contribution in [0.1, 0.15) is 50.2 Å². The van der Waals surface area contributed by atoms with Crippen LogP contribution < -0.4 is 10.4 Å². The Morgan fingerprint density at radius 2 is 1.83 bits per heavy atom. The zero-order chi connectivity index (χ0) is 21.2. The minimum Gasteiger partial charge on any atom is -0.341 e. The molecule has 4 nitrogen and oxygen atoms in total. The monoisotopic (exact) mass is 426 g/mol. The largest absolute Gasteiger partial charge is 0.341 e. The SMILES string of the molecule is CCONC(=O)/C=C/CCCCCCN1c2ccccc2CCc2ccc(Cl)cc21. The van der Waals surface area contributed by atoms with Crippen LogP contribution in [0.4, 0.5) is 11.4 Å². The molecule has 1 aliphatic heterocycles. The topological polar surface area (TPSA) is 41.6 Å². The number of hydroxylamine groups is 1. The Hall–Kier alpha value is -2.30. The Labute approximate surface area is 184 Å². The van der Waals surface area contributed by atoms with Crippen molar-refractivity contribution in [1.82, 2.24) is 5.48 Å². The molecule has 0 saturated heterocycles. The van der Waals surface area contributed by atoms with Crippen LogP contribution in [0.15, 0.2) is 54.6 Å². The lowest BCUT2D eigenvalue weighted by atomic mass is 10.0. The van der Waals surface area contributed by atoms with Gasteiger partial charge in [0.15, 0.2) is 0 Å². The number of benzene rings is 2. The molecule has 0 aromatic heterocycles. The molecule has 2 aromatic rings. The fourth-order valence-electron chi connectivity index (χ4n) is 3.88. The lowest BCUT2D eigenvalue weighted by Gasteiger charge is -2.27. The van der Waals surface area contributed by atoms with E-state index in [0.29, 0.717) is 6.61 Å². The Morgan fingerprint density at radius 3 is 2.67 bits per heavy atom. The zero-order valence-electron chi connectivity index (χ0n) is 17.7. The van der Waals surface area contributed by atoms with Crippen molar-refractivity contribution < 1.29 is 9.63 Å². The molecule has 1 N–H and O–H groups in total. The van der Waals surface area contributed by atoms with Crippen molar-refractivity contribution in [2.75, 3.05) is 18.1 Å². The average Bonchev–Trinajstić information content (AvgIpc) is 2.91. The number of rotatable bonds is 10. The highest BCUT2D eigenvalue weighted by molar-refractivity contribution is 6.30. The Kier molecular flexibility index (Phi) is 8.79. The van der Waals surface area contributed by atoms with E-state index in [1.54, 1.807) is 6.08 Å². The van der Waals surface area contributed by atoms with E-state index >= 15 is 0 Å². The van der Waals surface area contributed by atoms with E-state index in [0.717, 1.165) is 56.5 Å². The zero-order valence-corrected chi connectivity index (χ0v) is 18.5. The van der Waals surface area contributed by atoms with Gasteiger partial charge in [-0.2, -0.15) is 0 Å². The second-order valence-electron chi connectivity index (χ2n) is 7.56. The molecule has 0 fully saturated rings. The molecule has 0 atom stereocenters. The molecule has 160 valence electrons. The van der Waals surface area contributed by atoms with Crippen LogP contribution in [0.25, 0.3) is 0 Å². The Balaban J connectivity index is 1.51. The minimum absolute atomic E-state index is 0.200. The van der Waals surface area contributed by atoms with Crippen molar-refractivity contribution >= 4 is 28.9 Å². The molecule has 0 unspecified atom stereocenters. The molecule has 1 aliphatic rings. The summed E-state index contributed by atoms with van der Waals surface area (Å²) in [5.41, 5.74) is 7.69. The summed E-state index contributed by atoms with van der Waals surface area (Å²) in [6.07, 6.45) is 11.0. The van der Waals surface area contributed by atoms with Gasteiger partial charge < -0.3 is 4.90 Å². The van der Waals surface area contributed by atoms with E-state index in [1.165, 1.54) is 22.5 Å². The number of para-hydroxylation sites is 1. The number of allylic oxidation sites excluding steroid dienone is 1. The van der Waals surface area contributed by atoms with E-state index in [-0.39, 0.29) is 5.91 Å². The number of halogens is 1. The molecule has 5 heteroatoms. The summed E-state index contributed by atoms with van der Waals surface area (Å²) in [5, 5.41) is 0.790. The minimum atomic E-state index is -0.200. The molecule has 0 bridgehead atoms. The van der Waals surface area contributed by atoms with Gasteiger partial charge in [-0.3, -0.25) is 9.63 Å². The van der Waals surface area contributed by atoms with Crippen LogP contribution in [0.2, 0.25) is 5.02 Å². The second-order valence-corrected chi connectivity index (χ2v) is 7.99. The van der Waals surface area contributed by atoms with Crippen molar-refractivity contribution in [1.29, 1.82) is 0 Å². The van der Waals surface area contributed by atoms with Crippen molar-refractivity contribution in [3.05, 3.63) is 70.8 Å². The normalized spacial score (nSPS) is 13.1. The summed E-state index contributed by atoms with van der Waals surface area (Å²) < 4.78 is 0. The van der Waals surface area contributed by atoms with Crippen LogP contribution >= 0.6 is 11.6 Å². The van der Waals surface area contributed by atoms with Gasteiger partial charge in [0.1, 0.15) is 0 Å². The van der Waals surface area contributed by atoms with Crippen LogP contribution in [0, 0.1) is 0 Å². The van der Waals surface area contributed by atoms with E-state index in [1.807, 2.05) is 19.1 Å². The quantitative estimate of drug-likeness (QED) is 0.281. The maximum absolute atomic E-state index is 11.4. The first-order valence-electron chi connectivity index (χ1n) is 10.9. The van der Waals surface area contributed by atoms with Gasteiger partial charge in [-0.05, 0) is 68.4 Å². The molecule has 3 rings (SSSR count). The Bertz CT molecular complexity index is 866. The third-order valence-corrected chi connectivity index (χ3v) is 5.61. The van der Waals surface area contributed by atoms with E-state index in [2.05, 4.69) is 46.8 Å². The number of aryl methyl sites for hydroxylation is 2. The first-order valence-corrected chi connectivity index (χ1v) is 11.3. The highest BCUT2D eigenvalue weighted by atomic mass is 35.5. The van der Waals surface area contributed by atoms with Crippen molar-refractivity contribution in [3.63, 3.8) is 0 Å². The van der Waals surface area contributed by atoms with Gasteiger partial charge in [0.2, 0.25) is 0 Å². The molecule has 0 spiro atoms. The fraction of sp³-hybridized carbons (Fsp3) is 0.400. The molecular formula is C25H31ClN2O2. The maximum Gasteiger partial charge on any atom is 0.267 e.